The summed E-state index contributed by atoms with van der Waals surface area (Å²) < 4.78 is 28.4. The van der Waals surface area contributed by atoms with Crippen LogP contribution in [0.5, 0.6) is 0 Å². The highest BCUT2D eigenvalue weighted by atomic mass is 19.1. The summed E-state index contributed by atoms with van der Waals surface area (Å²) in [6.45, 7) is 1.22. The summed E-state index contributed by atoms with van der Waals surface area (Å²) in [7, 11) is 0. The van der Waals surface area contributed by atoms with Crippen LogP contribution in [0.15, 0.2) is 48.5 Å². The van der Waals surface area contributed by atoms with E-state index in [0.29, 0.717) is 6.54 Å². The minimum absolute atomic E-state index is 0.112. The van der Waals surface area contributed by atoms with Gasteiger partial charge in [-0.2, -0.15) is 0 Å². The van der Waals surface area contributed by atoms with E-state index in [1.165, 1.54) is 6.92 Å². The molecule has 7 heteroatoms. The molecule has 142 valence electrons. The zero-order chi connectivity index (χ0) is 19.8. The minimum Gasteiger partial charge on any atom is -0.481 e. The summed E-state index contributed by atoms with van der Waals surface area (Å²) in [6, 6.07) is 11.6. The number of carbonyl (C=O) groups is 2. The summed E-state index contributed by atoms with van der Waals surface area (Å²) in [6.07, 6.45) is 0. The van der Waals surface area contributed by atoms with Gasteiger partial charge < -0.3 is 10.2 Å². The van der Waals surface area contributed by atoms with E-state index in [9.17, 15) is 28.6 Å². The van der Waals surface area contributed by atoms with Gasteiger partial charge in [0.2, 0.25) is 0 Å². The molecule has 2 unspecified atom stereocenters. The molecule has 5 nitrogen and oxygen atoms in total. The van der Waals surface area contributed by atoms with Crippen LogP contribution in [0, 0.1) is 17.0 Å². The first-order chi connectivity index (χ1) is 12.7. The van der Waals surface area contributed by atoms with E-state index in [-0.39, 0.29) is 13.1 Å². The smallest absolute Gasteiger partial charge is 0.316 e. The van der Waals surface area contributed by atoms with Crippen molar-refractivity contribution in [2.75, 3.05) is 13.1 Å². The van der Waals surface area contributed by atoms with Gasteiger partial charge >= 0.3 is 11.9 Å². The van der Waals surface area contributed by atoms with Crippen molar-refractivity contribution in [1.82, 2.24) is 4.90 Å². The molecule has 1 aliphatic rings. The highest BCUT2D eigenvalue weighted by molar-refractivity contribution is 5.92. The molecule has 2 aromatic carbocycles. The molecule has 1 saturated heterocycles. The second-order valence-corrected chi connectivity index (χ2v) is 7.10. The fourth-order valence-electron chi connectivity index (χ4n) is 3.98. The minimum atomic E-state index is -2.13. The van der Waals surface area contributed by atoms with Crippen LogP contribution >= 0.6 is 0 Å². The van der Waals surface area contributed by atoms with E-state index in [0.717, 1.165) is 23.8 Å². The Bertz CT molecular complexity index is 889. The van der Waals surface area contributed by atoms with Gasteiger partial charge in [0.15, 0.2) is 0 Å². The van der Waals surface area contributed by atoms with Crippen LogP contribution in [-0.4, -0.2) is 40.1 Å². The zero-order valence-electron chi connectivity index (χ0n) is 14.7. The molecule has 2 N–H and O–H groups in total. The Balaban J connectivity index is 2.13. The molecule has 0 saturated carbocycles. The fraction of sp³-hybridized carbons (Fsp3) is 0.300. The Hall–Kier alpha value is -2.80. The van der Waals surface area contributed by atoms with Crippen LogP contribution in [0.25, 0.3) is 0 Å². The van der Waals surface area contributed by atoms with Crippen LogP contribution in [0.4, 0.5) is 8.78 Å². The summed E-state index contributed by atoms with van der Waals surface area (Å²) in [5.41, 5.74) is -3.55. The fourth-order valence-corrected chi connectivity index (χ4v) is 3.98. The Morgan fingerprint density at radius 1 is 1.04 bits per heavy atom. The molecular formula is C20H19F2NO4. The number of halogens is 2. The van der Waals surface area contributed by atoms with Crippen molar-refractivity contribution in [1.29, 1.82) is 0 Å². The van der Waals surface area contributed by atoms with Crippen molar-refractivity contribution in [3.63, 3.8) is 0 Å². The van der Waals surface area contributed by atoms with E-state index in [1.807, 2.05) is 30.3 Å². The Kier molecular flexibility index (Phi) is 4.73. The molecule has 2 atom stereocenters. The predicted octanol–water partition coefficient (Wildman–Crippen LogP) is 2.89. The SMILES string of the molecule is CC1(C(=O)O)CN(Cc2ccccc2)CC1(C(=O)O)c1cc(F)ccc1F. The number of carboxylic acid groups (broad SMARTS) is 2. The number of carboxylic acids is 2. The van der Waals surface area contributed by atoms with Gasteiger partial charge in [-0.25, -0.2) is 8.78 Å². The van der Waals surface area contributed by atoms with E-state index in [2.05, 4.69) is 0 Å². The molecule has 0 aliphatic carbocycles. The molecule has 0 spiro atoms. The quantitative estimate of drug-likeness (QED) is 0.840. The van der Waals surface area contributed by atoms with Gasteiger partial charge in [0.1, 0.15) is 17.0 Å². The molecule has 0 radical (unpaired) electrons. The molecule has 1 heterocycles. The van der Waals surface area contributed by atoms with Gasteiger partial charge in [-0.15, -0.1) is 0 Å². The van der Waals surface area contributed by atoms with Crippen molar-refractivity contribution in [3.8, 4) is 0 Å². The summed E-state index contributed by atoms with van der Waals surface area (Å²) in [4.78, 5) is 26.1. The van der Waals surface area contributed by atoms with Crippen molar-refractivity contribution >= 4 is 11.9 Å². The standard InChI is InChI=1S/C20H19F2NO4/c1-19(17(24)25)11-23(10-13-5-3-2-4-6-13)12-20(19,18(26)27)15-9-14(21)7-8-16(15)22/h2-9H,10-12H2,1H3,(H,24,25)(H,26,27). The van der Waals surface area contributed by atoms with E-state index in [4.69, 9.17) is 0 Å². The largest absolute Gasteiger partial charge is 0.481 e. The first-order valence-corrected chi connectivity index (χ1v) is 8.39. The van der Waals surface area contributed by atoms with Gasteiger partial charge in [0, 0.05) is 25.2 Å². The number of likely N-dealkylation sites (tertiary alicyclic amines) is 1. The third-order valence-corrected chi connectivity index (χ3v) is 5.42. The van der Waals surface area contributed by atoms with Crippen LogP contribution in [0.3, 0.4) is 0 Å². The second-order valence-electron chi connectivity index (χ2n) is 7.10. The lowest BCUT2D eigenvalue weighted by atomic mass is 9.62. The normalized spacial score (nSPS) is 25.4. The maximum atomic E-state index is 14.5. The van der Waals surface area contributed by atoms with Gasteiger partial charge in [-0.05, 0) is 30.7 Å². The number of benzene rings is 2. The molecule has 27 heavy (non-hydrogen) atoms. The number of rotatable bonds is 5. The first kappa shape index (κ1) is 19.0. The number of nitrogens with zero attached hydrogens (tertiary/aromatic N) is 1. The van der Waals surface area contributed by atoms with Gasteiger partial charge in [-0.1, -0.05) is 30.3 Å². The number of hydrogen-bond acceptors (Lipinski definition) is 3. The lowest BCUT2D eigenvalue weighted by molar-refractivity contribution is -0.161. The Labute approximate surface area is 154 Å². The lowest BCUT2D eigenvalue weighted by Crippen LogP contribution is -2.54. The summed E-state index contributed by atoms with van der Waals surface area (Å²) >= 11 is 0. The molecular weight excluding hydrogens is 356 g/mol. The Morgan fingerprint density at radius 2 is 1.70 bits per heavy atom. The predicted molar refractivity (Wildman–Crippen MR) is 93.1 cm³/mol. The van der Waals surface area contributed by atoms with Crippen molar-refractivity contribution in [2.24, 2.45) is 5.41 Å². The topological polar surface area (TPSA) is 77.8 Å². The number of aliphatic carboxylic acids is 2. The molecule has 0 amide bonds. The summed E-state index contributed by atoms with van der Waals surface area (Å²) in [5, 5.41) is 19.9. The molecule has 2 aromatic rings. The first-order valence-electron chi connectivity index (χ1n) is 8.39. The van der Waals surface area contributed by atoms with Gasteiger partial charge in [-0.3, -0.25) is 14.5 Å². The second kappa shape index (κ2) is 6.74. The number of hydrogen-bond donors (Lipinski definition) is 2. The van der Waals surface area contributed by atoms with E-state index in [1.54, 1.807) is 4.90 Å². The summed E-state index contributed by atoms with van der Waals surface area (Å²) in [5.74, 6) is -4.62. The molecule has 0 aromatic heterocycles. The molecule has 0 bridgehead atoms. The van der Waals surface area contributed by atoms with Crippen molar-refractivity contribution in [2.45, 2.75) is 18.9 Å². The van der Waals surface area contributed by atoms with Crippen LogP contribution < -0.4 is 0 Å². The average molecular weight is 375 g/mol. The van der Waals surface area contributed by atoms with Crippen LogP contribution in [-0.2, 0) is 21.5 Å². The third kappa shape index (κ3) is 2.98. The van der Waals surface area contributed by atoms with Crippen molar-refractivity contribution in [3.05, 3.63) is 71.3 Å². The van der Waals surface area contributed by atoms with E-state index >= 15 is 0 Å². The van der Waals surface area contributed by atoms with Gasteiger partial charge in [0.25, 0.3) is 0 Å². The lowest BCUT2D eigenvalue weighted by Gasteiger charge is -2.36. The molecule has 1 fully saturated rings. The van der Waals surface area contributed by atoms with Crippen molar-refractivity contribution < 1.29 is 28.6 Å². The van der Waals surface area contributed by atoms with E-state index < -0.39 is 40.0 Å². The maximum absolute atomic E-state index is 14.5. The highest BCUT2D eigenvalue weighted by Gasteiger charge is 2.66. The average Bonchev–Trinajstić information content (AvgIpc) is 2.92. The Morgan fingerprint density at radius 3 is 2.30 bits per heavy atom. The molecule has 1 aliphatic heterocycles. The monoisotopic (exact) mass is 375 g/mol. The highest BCUT2D eigenvalue weighted by Crippen LogP contribution is 2.50. The zero-order valence-corrected chi connectivity index (χ0v) is 14.7. The molecule has 3 rings (SSSR count). The van der Waals surface area contributed by atoms with Crippen LogP contribution in [0.1, 0.15) is 18.1 Å². The van der Waals surface area contributed by atoms with Gasteiger partial charge in [0.05, 0.1) is 5.41 Å². The van der Waals surface area contributed by atoms with Crippen LogP contribution in [0.2, 0.25) is 0 Å². The maximum Gasteiger partial charge on any atom is 0.316 e. The third-order valence-electron chi connectivity index (χ3n) is 5.42.